The Kier molecular flexibility index (Phi) is 7.41. The fourth-order valence-corrected chi connectivity index (χ4v) is 8.99. The Morgan fingerprint density at radius 3 is 1.71 bits per heavy atom. The van der Waals surface area contributed by atoms with Crippen LogP contribution in [0.2, 0.25) is 0 Å². The Hall–Kier alpha value is -6.48. The van der Waals surface area contributed by atoms with E-state index in [1.165, 1.54) is 86.5 Å². The topological polar surface area (TPSA) is 3.24 Å². The van der Waals surface area contributed by atoms with Crippen molar-refractivity contribution < 1.29 is 0 Å². The van der Waals surface area contributed by atoms with Crippen molar-refractivity contribution in [1.29, 1.82) is 0 Å². The van der Waals surface area contributed by atoms with Crippen LogP contribution in [-0.4, -0.2) is 0 Å². The van der Waals surface area contributed by atoms with Gasteiger partial charge in [-0.15, -0.1) is 11.3 Å². The van der Waals surface area contributed by atoms with Crippen LogP contribution in [0.25, 0.3) is 75.1 Å². The molecule has 0 radical (unpaired) electrons. The molecule has 10 rings (SSSR count). The standard InChI is InChI=1S/C50H33NS/c1-3-14-34(15-4-1)37-28-31-41(35-16-5-2-6-17-35)46(32-37)36-26-29-39(30-27-36)51(47-24-13-23-45-44-22-11-12-25-49(44)52-50(45)47)48-33-38-18-7-8-19-40(38)42-20-9-10-21-43(42)48/h1-33H. The quantitative estimate of drug-likeness (QED) is 0.158. The molecule has 0 saturated carbocycles. The lowest BCUT2D eigenvalue weighted by Crippen LogP contribution is -2.11. The number of hydrogen-bond acceptors (Lipinski definition) is 2. The fourth-order valence-electron chi connectivity index (χ4n) is 7.79. The summed E-state index contributed by atoms with van der Waals surface area (Å²) >= 11 is 1.87. The van der Waals surface area contributed by atoms with Gasteiger partial charge in [-0.1, -0.05) is 164 Å². The Balaban J connectivity index is 1.20. The highest BCUT2D eigenvalue weighted by Gasteiger charge is 2.21. The normalized spacial score (nSPS) is 11.5. The molecule has 0 amide bonds. The predicted octanol–water partition coefficient (Wildman–Crippen LogP) is 14.8. The zero-order valence-electron chi connectivity index (χ0n) is 28.4. The maximum absolute atomic E-state index is 2.48. The van der Waals surface area contributed by atoms with Crippen molar-refractivity contribution in [3.63, 3.8) is 0 Å². The van der Waals surface area contributed by atoms with Gasteiger partial charge in [0.05, 0.1) is 16.1 Å². The molecular formula is C50H33NS. The Labute approximate surface area is 307 Å². The van der Waals surface area contributed by atoms with Gasteiger partial charge in [0.15, 0.2) is 0 Å². The zero-order valence-corrected chi connectivity index (χ0v) is 29.2. The lowest BCUT2D eigenvalue weighted by atomic mass is 9.91. The number of fused-ring (bicyclic) bond motifs is 6. The first-order chi connectivity index (χ1) is 25.8. The maximum atomic E-state index is 2.48. The highest BCUT2D eigenvalue weighted by molar-refractivity contribution is 7.26. The van der Waals surface area contributed by atoms with Crippen molar-refractivity contribution in [2.24, 2.45) is 0 Å². The summed E-state index contributed by atoms with van der Waals surface area (Å²) in [5.41, 5.74) is 10.7. The Morgan fingerprint density at radius 2 is 0.923 bits per heavy atom. The average Bonchev–Trinajstić information content (AvgIpc) is 3.61. The number of rotatable bonds is 6. The zero-order chi connectivity index (χ0) is 34.4. The number of hydrogen-bond donors (Lipinski definition) is 0. The third-order valence-electron chi connectivity index (χ3n) is 10.3. The van der Waals surface area contributed by atoms with Gasteiger partial charge in [0, 0.05) is 26.5 Å². The molecule has 0 N–H and O–H groups in total. The van der Waals surface area contributed by atoms with Crippen LogP contribution in [0.1, 0.15) is 0 Å². The predicted molar refractivity (Wildman–Crippen MR) is 225 cm³/mol. The summed E-state index contributed by atoms with van der Waals surface area (Å²) in [6.07, 6.45) is 0. The lowest BCUT2D eigenvalue weighted by Gasteiger charge is -2.28. The molecule has 0 aliphatic carbocycles. The SMILES string of the molecule is c1ccc(-c2ccc(-c3ccccc3)c(-c3ccc(N(c4cc5ccccc5c5ccccc45)c4cccc5c4sc4ccccc45)cc3)c2)cc1. The van der Waals surface area contributed by atoms with E-state index in [1.54, 1.807) is 0 Å². The molecule has 244 valence electrons. The van der Waals surface area contributed by atoms with Crippen molar-refractivity contribution in [2.75, 3.05) is 4.90 Å². The monoisotopic (exact) mass is 679 g/mol. The van der Waals surface area contributed by atoms with Crippen molar-refractivity contribution >= 4 is 70.1 Å². The van der Waals surface area contributed by atoms with E-state index in [4.69, 9.17) is 0 Å². The third-order valence-corrected chi connectivity index (χ3v) is 11.5. The molecule has 0 aliphatic rings. The summed E-state index contributed by atoms with van der Waals surface area (Å²) in [7, 11) is 0. The smallest absolute Gasteiger partial charge is 0.0640 e. The summed E-state index contributed by atoms with van der Waals surface area (Å²) < 4.78 is 2.59. The summed E-state index contributed by atoms with van der Waals surface area (Å²) in [4.78, 5) is 2.48. The Morgan fingerprint density at radius 1 is 0.327 bits per heavy atom. The van der Waals surface area contributed by atoms with E-state index >= 15 is 0 Å². The van der Waals surface area contributed by atoms with Crippen LogP contribution in [0.5, 0.6) is 0 Å². The molecule has 0 aliphatic heterocycles. The van der Waals surface area contributed by atoms with Gasteiger partial charge in [-0.3, -0.25) is 0 Å². The van der Waals surface area contributed by atoms with Crippen molar-refractivity contribution in [2.45, 2.75) is 0 Å². The van der Waals surface area contributed by atoms with Crippen LogP contribution < -0.4 is 4.90 Å². The second kappa shape index (κ2) is 12.7. The molecule has 0 saturated heterocycles. The Bertz CT molecular complexity index is 2890. The molecule has 0 fully saturated rings. The van der Waals surface area contributed by atoms with E-state index in [9.17, 15) is 0 Å². The van der Waals surface area contributed by atoms with E-state index < -0.39 is 0 Å². The van der Waals surface area contributed by atoms with Gasteiger partial charge in [-0.25, -0.2) is 0 Å². The largest absolute Gasteiger partial charge is 0.308 e. The van der Waals surface area contributed by atoms with Crippen LogP contribution in [0.3, 0.4) is 0 Å². The summed E-state index contributed by atoms with van der Waals surface area (Å²) in [5.74, 6) is 0. The first kappa shape index (κ1) is 30.4. The van der Waals surface area contributed by atoms with Crippen molar-refractivity contribution in [3.8, 4) is 33.4 Å². The van der Waals surface area contributed by atoms with Crippen molar-refractivity contribution in [3.05, 3.63) is 200 Å². The van der Waals surface area contributed by atoms with Gasteiger partial charge in [-0.2, -0.15) is 0 Å². The number of anilines is 3. The van der Waals surface area contributed by atoms with Crippen LogP contribution >= 0.6 is 11.3 Å². The third kappa shape index (κ3) is 5.16. The highest BCUT2D eigenvalue weighted by Crippen LogP contribution is 2.48. The van der Waals surface area contributed by atoms with Crippen LogP contribution in [0.15, 0.2) is 200 Å². The maximum Gasteiger partial charge on any atom is 0.0640 e. The fraction of sp³-hybridized carbons (Fsp3) is 0. The van der Waals surface area contributed by atoms with Crippen LogP contribution in [0.4, 0.5) is 17.1 Å². The number of benzene rings is 9. The summed E-state index contributed by atoms with van der Waals surface area (Å²) in [6, 6.07) is 72.9. The summed E-state index contributed by atoms with van der Waals surface area (Å²) in [6.45, 7) is 0. The van der Waals surface area contributed by atoms with E-state index in [1.807, 2.05) is 11.3 Å². The molecule has 0 spiro atoms. The molecule has 0 unspecified atom stereocenters. The number of thiophene rings is 1. The van der Waals surface area contributed by atoms with Crippen LogP contribution in [-0.2, 0) is 0 Å². The first-order valence-corrected chi connectivity index (χ1v) is 18.6. The molecule has 1 nitrogen and oxygen atoms in total. The minimum absolute atomic E-state index is 1.12. The van der Waals surface area contributed by atoms with Gasteiger partial charge in [0.2, 0.25) is 0 Å². The second-order valence-corrected chi connectivity index (χ2v) is 14.3. The number of nitrogens with zero attached hydrogens (tertiary/aromatic N) is 1. The van der Waals surface area contributed by atoms with Gasteiger partial charge >= 0.3 is 0 Å². The molecule has 1 heterocycles. The van der Waals surface area contributed by atoms with Gasteiger partial charge < -0.3 is 4.90 Å². The van der Waals surface area contributed by atoms with Crippen LogP contribution in [0, 0.1) is 0 Å². The average molecular weight is 680 g/mol. The molecule has 1 aromatic heterocycles. The molecule has 0 bridgehead atoms. The van der Waals surface area contributed by atoms with E-state index in [0.717, 1.165) is 5.69 Å². The summed E-state index contributed by atoms with van der Waals surface area (Å²) in [5, 5.41) is 7.57. The van der Waals surface area contributed by atoms with E-state index in [-0.39, 0.29) is 0 Å². The van der Waals surface area contributed by atoms with E-state index in [0.29, 0.717) is 0 Å². The molecule has 2 heteroatoms. The second-order valence-electron chi connectivity index (χ2n) is 13.3. The van der Waals surface area contributed by atoms with Crippen molar-refractivity contribution in [1.82, 2.24) is 0 Å². The molecular weight excluding hydrogens is 647 g/mol. The van der Waals surface area contributed by atoms with Gasteiger partial charge in [0.1, 0.15) is 0 Å². The van der Waals surface area contributed by atoms with E-state index in [2.05, 4.69) is 205 Å². The molecule has 0 atom stereocenters. The molecule has 9 aromatic carbocycles. The minimum atomic E-state index is 1.12. The highest BCUT2D eigenvalue weighted by atomic mass is 32.1. The first-order valence-electron chi connectivity index (χ1n) is 17.8. The van der Waals surface area contributed by atoms with Gasteiger partial charge in [-0.05, 0) is 85.9 Å². The minimum Gasteiger partial charge on any atom is -0.308 e. The molecule has 10 aromatic rings. The molecule has 52 heavy (non-hydrogen) atoms. The van der Waals surface area contributed by atoms with Gasteiger partial charge in [0.25, 0.3) is 0 Å². The lowest BCUT2D eigenvalue weighted by molar-refractivity contribution is 1.32.